The van der Waals surface area contributed by atoms with Crippen molar-refractivity contribution in [3.05, 3.63) is 35.4 Å². The van der Waals surface area contributed by atoms with Crippen LogP contribution in [0.4, 0.5) is 4.79 Å². The van der Waals surface area contributed by atoms with Crippen molar-refractivity contribution in [1.82, 2.24) is 10.6 Å². The molecule has 2 amide bonds. The van der Waals surface area contributed by atoms with Crippen LogP contribution in [0.15, 0.2) is 24.3 Å². The Morgan fingerprint density at radius 1 is 1.00 bits per heavy atom. The van der Waals surface area contributed by atoms with Crippen LogP contribution < -0.4 is 10.6 Å². The SMILES string of the molecule is CC(C)C[C@H](NC(=O)OC(C)(C)C)C(=O)N[C@](C)(C(=O)O)c1ccc(C(=O)O)cc1. The van der Waals surface area contributed by atoms with Crippen molar-refractivity contribution in [2.75, 3.05) is 0 Å². The topological polar surface area (TPSA) is 142 Å². The third kappa shape index (κ3) is 7.06. The maximum Gasteiger partial charge on any atom is 0.408 e. The first-order valence-electron chi connectivity index (χ1n) is 9.54. The van der Waals surface area contributed by atoms with E-state index in [0.29, 0.717) is 0 Å². The normalized spacial score (nSPS) is 14.4. The van der Waals surface area contributed by atoms with Gasteiger partial charge in [-0.1, -0.05) is 26.0 Å². The van der Waals surface area contributed by atoms with Crippen LogP contribution >= 0.6 is 0 Å². The fourth-order valence-electron chi connectivity index (χ4n) is 2.68. The van der Waals surface area contributed by atoms with Gasteiger partial charge in [0, 0.05) is 0 Å². The number of carboxylic acids is 2. The minimum absolute atomic E-state index is 0.0120. The third-order valence-corrected chi connectivity index (χ3v) is 4.22. The molecule has 2 atom stereocenters. The number of hydrogen-bond donors (Lipinski definition) is 4. The van der Waals surface area contributed by atoms with Crippen molar-refractivity contribution >= 4 is 23.9 Å². The van der Waals surface area contributed by atoms with Gasteiger partial charge in [-0.15, -0.1) is 0 Å². The van der Waals surface area contributed by atoms with Gasteiger partial charge >= 0.3 is 18.0 Å². The van der Waals surface area contributed by atoms with E-state index >= 15 is 0 Å². The molecule has 1 aromatic carbocycles. The van der Waals surface area contributed by atoms with E-state index in [0.717, 1.165) is 0 Å². The van der Waals surface area contributed by atoms with Crippen LogP contribution in [0.5, 0.6) is 0 Å². The summed E-state index contributed by atoms with van der Waals surface area (Å²) in [5.41, 5.74) is -2.42. The Kier molecular flexibility index (Phi) is 7.98. The highest BCUT2D eigenvalue weighted by Gasteiger charge is 2.39. The summed E-state index contributed by atoms with van der Waals surface area (Å²) < 4.78 is 5.20. The van der Waals surface area contributed by atoms with Gasteiger partial charge in [0.2, 0.25) is 5.91 Å². The van der Waals surface area contributed by atoms with Gasteiger partial charge < -0.3 is 25.6 Å². The van der Waals surface area contributed by atoms with Crippen LogP contribution in [0.3, 0.4) is 0 Å². The van der Waals surface area contributed by atoms with Gasteiger partial charge in [0.1, 0.15) is 11.6 Å². The summed E-state index contributed by atoms with van der Waals surface area (Å²) in [7, 11) is 0. The van der Waals surface area contributed by atoms with Gasteiger partial charge in [-0.05, 0) is 57.7 Å². The Bertz CT molecular complexity index is 797. The largest absolute Gasteiger partial charge is 0.479 e. The molecule has 1 rings (SSSR count). The van der Waals surface area contributed by atoms with Gasteiger partial charge in [-0.2, -0.15) is 0 Å². The lowest BCUT2D eigenvalue weighted by Gasteiger charge is -2.30. The zero-order valence-electron chi connectivity index (χ0n) is 18.1. The molecule has 0 bridgehead atoms. The van der Waals surface area contributed by atoms with Crippen LogP contribution in [-0.2, 0) is 19.9 Å². The molecular formula is C21H30N2O7. The smallest absolute Gasteiger partial charge is 0.408 e. The molecule has 0 heterocycles. The molecule has 9 nitrogen and oxygen atoms in total. The monoisotopic (exact) mass is 422 g/mol. The first-order chi connectivity index (χ1) is 13.7. The summed E-state index contributed by atoms with van der Waals surface area (Å²) in [5.74, 6) is -3.15. The molecule has 0 spiro atoms. The van der Waals surface area contributed by atoms with Crippen LogP contribution in [0.1, 0.15) is 63.9 Å². The first kappa shape index (κ1) is 24.9. The van der Waals surface area contributed by atoms with Crippen molar-refractivity contribution in [2.24, 2.45) is 5.92 Å². The summed E-state index contributed by atoms with van der Waals surface area (Å²) in [6.07, 6.45) is -0.523. The summed E-state index contributed by atoms with van der Waals surface area (Å²) in [5, 5.41) is 23.8. The van der Waals surface area contributed by atoms with Gasteiger partial charge in [0.15, 0.2) is 5.54 Å². The van der Waals surface area contributed by atoms with E-state index in [4.69, 9.17) is 9.84 Å². The van der Waals surface area contributed by atoms with E-state index in [9.17, 15) is 24.3 Å². The number of carboxylic acid groups (broad SMARTS) is 2. The lowest BCUT2D eigenvalue weighted by Crippen LogP contribution is -2.56. The second-order valence-corrected chi connectivity index (χ2v) is 8.63. The van der Waals surface area contributed by atoms with Gasteiger partial charge in [-0.25, -0.2) is 14.4 Å². The zero-order chi connectivity index (χ0) is 23.3. The van der Waals surface area contributed by atoms with Crippen LogP contribution in [0.2, 0.25) is 0 Å². The highest BCUT2D eigenvalue weighted by atomic mass is 16.6. The Hall–Kier alpha value is -3.10. The van der Waals surface area contributed by atoms with Crippen molar-refractivity contribution < 1.29 is 34.1 Å². The predicted octanol–water partition coefficient (Wildman–Crippen LogP) is 2.74. The lowest BCUT2D eigenvalue weighted by molar-refractivity contribution is -0.147. The number of rotatable bonds is 8. The molecule has 30 heavy (non-hydrogen) atoms. The Labute approximate surface area is 175 Å². The van der Waals surface area contributed by atoms with E-state index in [1.165, 1.54) is 31.2 Å². The van der Waals surface area contributed by atoms with Gasteiger partial charge in [0.25, 0.3) is 0 Å². The number of nitrogens with one attached hydrogen (secondary N) is 2. The Morgan fingerprint density at radius 3 is 1.93 bits per heavy atom. The molecule has 9 heteroatoms. The van der Waals surface area contributed by atoms with Crippen LogP contribution in [-0.4, -0.2) is 45.8 Å². The second-order valence-electron chi connectivity index (χ2n) is 8.63. The zero-order valence-corrected chi connectivity index (χ0v) is 18.1. The molecule has 0 fully saturated rings. The molecule has 166 valence electrons. The number of carbonyl (C=O) groups is 4. The van der Waals surface area contributed by atoms with Crippen LogP contribution in [0, 0.1) is 5.92 Å². The number of benzene rings is 1. The predicted molar refractivity (Wildman–Crippen MR) is 109 cm³/mol. The minimum atomic E-state index is -1.83. The Morgan fingerprint density at radius 2 is 1.53 bits per heavy atom. The second kappa shape index (κ2) is 9.60. The maximum absolute atomic E-state index is 12.9. The number of ether oxygens (including phenoxy) is 1. The number of aliphatic carboxylic acids is 1. The standard InChI is InChI=1S/C21H30N2O7/c1-12(2)11-15(22-19(29)30-20(3,4)5)16(24)23-21(6,18(27)28)14-9-7-13(8-10-14)17(25)26/h7-10,12,15H,11H2,1-6H3,(H,22,29)(H,23,24)(H,25,26)(H,27,28)/t15-,21-/m0/s1. The first-order valence-corrected chi connectivity index (χ1v) is 9.54. The van der Waals surface area contributed by atoms with E-state index in [2.05, 4.69) is 10.6 Å². The molecular weight excluding hydrogens is 392 g/mol. The Balaban J connectivity index is 3.13. The van der Waals surface area contributed by atoms with Gasteiger partial charge in [0.05, 0.1) is 5.56 Å². The average molecular weight is 422 g/mol. The number of amides is 2. The number of aromatic carboxylic acids is 1. The molecule has 4 N–H and O–H groups in total. The maximum atomic E-state index is 12.9. The molecule has 0 aliphatic heterocycles. The van der Waals surface area contributed by atoms with E-state index < -0.39 is 41.1 Å². The van der Waals surface area contributed by atoms with E-state index in [1.807, 2.05) is 13.8 Å². The number of alkyl carbamates (subject to hydrolysis) is 1. The van der Waals surface area contributed by atoms with Crippen molar-refractivity contribution in [3.8, 4) is 0 Å². The molecule has 0 aliphatic rings. The van der Waals surface area contributed by atoms with Crippen molar-refractivity contribution in [2.45, 2.75) is 65.1 Å². The third-order valence-electron chi connectivity index (χ3n) is 4.22. The summed E-state index contributed by atoms with van der Waals surface area (Å²) in [6.45, 7) is 10.1. The fraction of sp³-hybridized carbons (Fsp3) is 0.524. The van der Waals surface area contributed by atoms with Crippen molar-refractivity contribution in [3.63, 3.8) is 0 Å². The molecule has 0 saturated carbocycles. The highest BCUT2D eigenvalue weighted by Crippen LogP contribution is 2.23. The van der Waals surface area contributed by atoms with E-state index in [1.54, 1.807) is 20.8 Å². The molecule has 0 saturated heterocycles. The minimum Gasteiger partial charge on any atom is -0.479 e. The molecule has 0 aliphatic carbocycles. The molecule has 0 aromatic heterocycles. The lowest BCUT2D eigenvalue weighted by atomic mass is 9.90. The van der Waals surface area contributed by atoms with Gasteiger partial charge in [-0.3, -0.25) is 4.79 Å². The average Bonchev–Trinajstić information content (AvgIpc) is 2.58. The molecule has 0 radical (unpaired) electrons. The number of hydrogen-bond acceptors (Lipinski definition) is 5. The fourth-order valence-corrected chi connectivity index (χ4v) is 2.68. The quantitative estimate of drug-likeness (QED) is 0.504. The number of carbonyl (C=O) groups excluding carboxylic acids is 2. The summed E-state index contributed by atoms with van der Waals surface area (Å²) in [4.78, 5) is 48.1. The van der Waals surface area contributed by atoms with Crippen molar-refractivity contribution in [1.29, 1.82) is 0 Å². The van der Waals surface area contributed by atoms with E-state index in [-0.39, 0.29) is 23.5 Å². The highest BCUT2D eigenvalue weighted by molar-refractivity contribution is 5.92. The molecule has 0 unspecified atom stereocenters. The molecule has 1 aromatic rings. The van der Waals surface area contributed by atoms with Crippen LogP contribution in [0.25, 0.3) is 0 Å². The summed E-state index contributed by atoms with van der Waals surface area (Å²) in [6, 6.07) is 4.16. The summed E-state index contributed by atoms with van der Waals surface area (Å²) >= 11 is 0.